The Balaban J connectivity index is 2.44. The molecule has 22 heavy (non-hydrogen) atoms. The van der Waals surface area contributed by atoms with Gasteiger partial charge in [0.2, 0.25) is 0 Å². The summed E-state index contributed by atoms with van der Waals surface area (Å²) in [6.45, 7) is 4.25. The normalized spacial score (nSPS) is 11.8. The van der Waals surface area contributed by atoms with Gasteiger partial charge in [0, 0.05) is 7.11 Å². The minimum absolute atomic E-state index is 0.112. The zero-order valence-corrected chi connectivity index (χ0v) is 13.2. The quantitative estimate of drug-likeness (QED) is 0.588. The minimum Gasteiger partial charge on any atom is -0.462 e. The van der Waals surface area contributed by atoms with E-state index in [4.69, 9.17) is 14.2 Å². The smallest absolute Gasteiger partial charge is 0.408 e. The molecule has 0 heterocycles. The number of rotatable bonds is 8. The van der Waals surface area contributed by atoms with Gasteiger partial charge < -0.3 is 19.5 Å². The van der Waals surface area contributed by atoms with Crippen molar-refractivity contribution in [3.05, 3.63) is 35.9 Å². The first-order valence-corrected chi connectivity index (χ1v) is 7.17. The number of methoxy groups -OCH3 is 1. The molecule has 122 valence electrons. The van der Waals surface area contributed by atoms with Gasteiger partial charge in [-0.15, -0.1) is 0 Å². The van der Waals surface area contributed by atoms with E-state index in [0.717, 1.165) is 5.56 Å². The van der Waals surface area contributed by atoms with E-state index >= 15 is 0 Å². The van der Waals surface area contributed by atoms with Gasteiger partial charge in [-0.3, -0.25) is 0 Å². The van der Waals surface area contributed by atoms with Crippen molar-refractivity contribution in [3.63, 3.8) is 0 Å². The summed E-state index contributed by atoms with van der Waals surface area (Å²) < 4.78 is 14.9. The van der Waals surface area contributed by atoms with Gasteiger partial charge in [-0.05, 0) is 11.5 Å². The lowest BCUT2D eigenvalue weighted by Crippen LogP contribution is -2.45. The van der Waals surface area contributed by atoms with Crippen molar-refractivity contribution in [2.24, 2.45) is 5.92 Å². The molecule has 0 spiro atoms. The van der Waals surface area contributed by atoms with E-state index in [1.165, 1.54) is 7.11 Å². The first-order valence-electron chi connectivity index (χ1n) is 7.17. The number of alkyl carbamates (subject to hydrolysis) is 1. The van der Waals surface area contributed by atoms with Gasteiger partial charge in [-0.1, -0.05) is 44.2 Å². The number of carbonyl (C=O) groups excluding carboxylic acids is 2. The third-order valence-corrected chi connectivity index (χ3v) is 2.94. The molecule has 0 saturated carbocycles. The van der Waals surface area contributed by atoms with E-state index in [9.17, 15) is 9.59 Å². The van der Waals surface area contributed by atoms with Crippen LogP contribution in [0.3, 0.4) is 0 Å². The van der Waals surface area contributed by atoms with Gasteiger partial charge >= 0.3 is 12.1 Å². The van der Waals surface area contributed by atoms with E-state index in [0.29, 0.717) is 6.61 Å². The zero-order valence-electron chi connectivity index (χ0n) is 13.2. The summed E-state index contributed by atoms with van der Waals surface area (Å²) in [5.41, 5.74) is 0.876. The van der Waals surface area contributed by atoms with Crippen LogP contribution in [0.15, 0.2) is 30.3 Å². The van der Waals surface area contributed by atoms with E-state index in [1.54, 1.807) is 0 Å². The van der Waals surface area contributed by atoms with Gasteiger partial charge in [-0.2, -0.15) is 0 Å². The Kier molecular flexibility index (Phi) is 7.99. The average Bonchev–Trinajstić information content (AvgIpc) is 2.51. The van der Waals surface area contributed by atoms with Gasteiger partial charge in [0.15, 0.2) is 0 Å². The Morgan fingerprint density at radius 2 is 1.77 bits per heavy atom. The molecule has 0 bridgehead atoms. The highest BCUT2D eigenvalue weighted by Crippen LogP contribution is 2.06. The highest BCUT2D eigenvalue weighted by atomic mass is 16.6. The molecule has 1 aromatic carbocycles. The molecule has 6 nitrogen and oxygen atoms in total. The second-order valence-electron chi connectivity index (χ2n) is 5.09. The Labute approximate surface area is 130 Å². The minimum atomic E-state index is -0.750. The van der Waals surface area contributed by atoms with E-state index < -0.39 is 18.1 Å². The predicted octanol–water partition coefficient (Wildman–Crippen LogP) is 2.13. The molecule has 0 aromatic heterocycles. The molecule has 0 aliphatic carbocycles. The molecule has 1 atom stereocenters. The topological polar surface area (TPSA) is 73.9 Å². The maximum atomic E-state index is 11.9. The second-order valence-corrected chi connectivity index (χ2v) is 5.09. The van der Waals surface area contributed by atoms with Crippen LogP contribution in [0.2, 0.25) is 0 Å². The number of ether oxygens (including phenoxy) is 3. The van der Waals surface area contributed by atoms with Crippen molar-refractivity contribution in [1.82, 2.24) is 5.32 Å². The summed E-state index contributed by atoms with van der Waals surface area (Å²) in [6, 6.07) is 8.56. The lowest BCUT2D eigenvalue weighted by molar-refractivity contribution is -0.148. The molecular weight excluding hydrogens is 286 g/mol. The van der Waals surface area contributed by atoms with Crippen molar-refractivity contribution >= 4 is 12.1 Å². The Morgan fingerprint density at radius 3 is 2.36 bits per heavy atom. The molecule has 0 saturated heterocycles. The summed E-state index contributed by atoms with van der Waals surface area (Å²) in [7, 11) is 1.52. The van der Waals surface area contributed by atoms with Gasteiger partial charge in [0.05, 0.1) is 6.61 Å². The average molecular weight is 309 g/mol. The van der Waals surface area contributed by atoms with Crippen LogP contribution in [0.25, 0.3) is 0 Å². The fraction of sp³-hybridized carbons (Fsp3) is 0.500. The molecular formula is C16H23NO5. The SMILES string of the molecule is COCCOC(=O)[C@@H](NC(=O)OCc1ccccc1)C(C)C. The third kappa shape index (κ3) is 6.58. The first kappa shape index (κ1) is 18.0. The fourth-order valence-electron chi connectivity index (χ4n) is 1.70. The molecule has 1 N–H and O–H groups in total. The van der Waals surface area contributed by atoms with Crippen LogP contribution in [0.5, 0.6) is 0 Å². The number of carbonyl (C=O) groups is 2. The van der Waals surface area contributed by atoms with E-state index in [1.807, 2.05) is 44.2 Å². The lowest BCUT2D eigenvalue weighted by atomic mass is 10.1. The van der Waals surface area contributed by atoms with E-state index in [-0.39, 0.29) is 19.1 Å². The number of amides is 1. The van der Waals surface area contributed by atoms with Crippen LogP contribution in [-0.4, -0.2) is 38.4 Å². The van der Waals surface area contributed by atoms with Crippen molar-refractivity contribution in [2.45, 2.75) is 26.5 Å². The van der Waals surface area contributed by atoms with Gasteiger partial charge in [0.1, 0.15) is 19.3 Å². The second kappa shape index (κ2) is 9.78. The number of nitrogens with one attached hydrogen (secondary N) is 1. The molecule has 0 unspecified atom stereocenters. The van der Waals surface area contributed by atoms with E-state index in [2.05, 4.69) is 5.32 Å². The number of hydrogen-bond acceptors (Lipinski definition) is 5. The Bertz CT molecular complexity index is 461. The summed E-state index contributed by atoms with van der Waals surface area (Å²) in [5, 5.41) is 2.54. The highest BCUT2D eigenvalue weighted by Gasteiger charge is 2.26. The monoisotopic (exact) mass is 309 g/mol. The predicted molar refractivity (Wildman–Crippen MR) is 81.2 cm³/mol. The summed E-state index contributed by atoms with van der Waals surface area (Å²) in [5.74, 6) is -0.608. The summed E-state index contributed by atoms with van der Waals surface area (Å²) >= 11 is 0. The molecule has 0 aliphatic rings. The zero-order chi connectivity index (χ0) is 16.4. The summed E-state index contributed by atoms with van der Waals surface area (Å²) in [4.78, 5) is 23.7. The first-order chi connectivity index (χ1) is 10.5. The van der Waals surface area contributed by atoms with Crippen molar-refractivity contribution in [2.75, 3.05) is 20.3 Å². The number of benzene rings is 1. The Morgan fingerprint density at radius 1 is 1.09 bits per heavy atom. The van der Waals surface area contributed by atoms with Crippen LogP contribution in [-0.2, 0) is 25.6 Å². The third-order valence-electron chi connectivity index (χ3n) is 2.94. The molecule has 1 amide bonds. The lowest BCUT2D eigenvalue weighted by Gasteiger charge is -2.20. The molecule has 0 fully saturated rings. The van der Waals surface area contributed by atoms with Gasteiger partial charge in [0.25, 0.3) is 0 Å². The standard InChI is InChI=1S/C16H23NO5/c1-12(2)14(15(18)21-10-9-20-3)17-16(19)22-11-13-7-5-4-6-8-13/h4-8,12,14H,9-11H2,1-3H3,(H,17,19)/t14-/m0/s1. The van der Waals surface area contributed by atoms with Crippen LogP contribution in [0.1, 0.15) is 19.4 Å². The number of hydrogen-bond donors (Lipinski definition) is 1. The summed E-state index contributed by atoms with van der Waals surface area (Å²) in [6.07, 6.45) is -0.647. The highest BCUT2D eigenvalue weighted by molar-refractivity contribution is 5.81. The molecule has 1 aromatic rings. The van der Waals surface area contributed by atoms with Crippen LogP contribution in [0.4, 0.5) is 4.79 Å². The number of esters is 1. The van der Waals surface area contributed by atoms with Crippen molar-refractivity contribution in [3.8, 4) is 0 Å². The van der Waals surface area contributed by atoms with Crippen LogP contribution >= 0.6 is 0 Å². The molecule has 1 rings (SSSR count). The maximum Gasteiger partial charge on any atom is 0.408 e. The van der Waals surface area contributed by atoms with Crippen molar-refractivity contribution in [1.29, 1.82) is 0 Å². The van der Waals surface area contributed by atoms with Crippen LogP contribution in [0, 0.1) is 5.92 Å². The van der Waals surface area contributed by atoms with Gasteiger partial charge in [-0.25, -0.2) is 9.59 Å². The van der Waals surface area contributed by atoms with Crippen molar-refractivity contribution < 1.29 is 23.8 Å². The molecule has 6 heteroatoms. The Hall–Kier alpha value is -2.08. The fourth-order valence-corrected chi connectivity index (χ4v) is 1.70. The largest absolute Gasteiger partial charge is 0.462 e. The molecule has 0 aliphatic heterocycles. The van der Waals surface area contributed by atoms with Crippen LogP contribution < -0.4 is 5.32 Å². The molecule has 0 radical (unpaired) electrons. The maximum absolute atomic E-state index is 11.9.